The fraction of sp³-hybridized carbons (Fsp3) is 0.250. The number of thiazole rings is 1. The van der Waals surface area contributed by atoms with Gasteiger partial charge >= 0.3 is 0 Å². The van der Waals surface area contributed by atoms with E-state index in [1.165, 1.54) is 21.5 Å². The van der Waals surface area contributed by atoms with E-state index in [1.54, 1.807) is 11.3 Å². The second kappa shape index (κ2) is 8.20. The van der Waals surface area contributed by atoms with Crippen molar-refractivity contribution in [1.29, 1.82) is 0 Å². The maximum Gasteiger partial charge on any atom is 0.168 e. The van der Waals surface area contributed by atoms with Crippen LogP contribution in [0.1, 0.15) is 17.0 Å². The van der Waals surface area contributed by atoms with Crippen LogP contribution in [-0.4, -0.2) is 47.3 Å². The van der Waals surface area contributed by atoms with Gasteiger partial charge in [0.25, 0.3) is 0 Å². The SMILES string of the molecule is C(#Cc1nc2ccccc2s1)CN1CCC2=C(CN(Cc3ccccc3)C=N2)C1. The predicted molar refractivity (Wildman–Crippen MR) is 120 cm³/mol. The Labute approximate surface area is 175 Å². The molecule has 29 heavy (non-hydrogen) atoms. The van der Waals surface area contributed by atoms with Crippen molar-refractivity contribution in [2.75, 3.05) is 26.2 Å². The van der Waals surface area contributed by atoms with Gasteiger partial charge < -0.3 is 4.90 Å². The molecule has 0 fully saturated rings. The summed E-state index contributed by atoms with van der Waals surface area (Å²) < 4.78 is 1.20. The van der Waals surface area contributed by atoms with Gasteiger partial charge in [0.05, 0.1) is 23.1 Å². The van der Waals surface area contributed by atoms with Crippen molar-refractivity contribution in [2.24, 2.45) is 4.99 Å². The molecule has 0 atom stereocenters. The Morgan fingerprint density at radius 1 is 1.00 bits per heavy atom. The van der Waals surface area contributed by atoms with Gasteiger partial charge in [0.15, 0.2) is 5.01 Å². The van der Waals surface area contributed by atoms with Gasteiger partial charge in [0.2, 0.25) is 0 Å². The normalized spacial score (nSPS) is 16.6. The number of hydrogen-bond acceptors (Lipinski definition) is 5. The molecule has 5 rings (SSSR count). The number of aliphatic imine (C=N–C) groups is 1. The molecule has 2 aromatic carbocycles. The van der Waals surface area contributed by atoms with Crippen molar-refractivity contribution in [3.63, 3.8) is 0 Å². The van der Waals surface area contributed by atoms with E-state index in [1.807, 2.05) is 24.5 Å². The summed E-state index contributed by atoms with van der Waals surface area (Å²) in [5.41, 5.74) is 5.05. The average Bonchev–Trinajstić information content (AvgIpc) is 3.17. The Balaban J connectivity index is 1.20. The first kappa shape index (κ1) is 18.1. The molecule has 0 unspecified atom stereocenters. The summed E-state index contributed by atoms with van der Waals surface area (Å²) in [6, 6.07) is 18.8. The fourth-order valence-corrected chi connectivity index (χ4v) is 4.66. The van der Waals surface area contributed by atoms with Crippen molar-refractivity contribution in [2.45, 2.75) is 13.0 Å². The van der Waals surface area contributed by atoms with Crippen LogP contribution in [0.2, 0.25) is 0 Å². The van der Waals surface area contributed by atoms with Gasteiger partial charge in [-0.05, 0) is 29.2 Å². The molecule has 0 aliphatic carbocycles. The van der Waals surface area contributed by atoms with Crippen LogP contribution in [0.25, 0.3) is 10.2 Å². The van der Waals surface area contributed by atoms with Gasteiger partial charge in [-0.3, -0.25) is 4.90 Å². The summed E-state index contributed by atoms with van der Waals surface area (Å²) in [4.78, 5) is 14.0. The summed E-state index contributed by atoms with van der Waals surface area (Å²) in [5, 5.41) is 0.902. The molecular formula is C24H22N4S. The van der Waals surface area contributed by atoms with Crippen molar-refractivity contribution >= 4 is 27.9 Å². The lowest BCUT2D eigenvalue weighted by Gasteiger charge is -2.33. The molecule has 1 aromatic heterocycles. The molecule has 0 bridgehead atoms. The number of aromatic nitrogens is 1. The maximum absolute atomic E-state index is 4.73. The summed E-state index contributed by atoms with van der Waals surface area (Å²) in [5.74, 6) is 6.58. The third-order valence-electron chi connectivity index (χ3n) is 5.28. The molecule has 5 heteroatoms. The number of rotatable bonds is 3. The smallest absolute Gasteiger partial charge is 0.168 e. The third-order valence-corrected chi connectivity index (χ3v) is 6.23. The lowest BCUT2D eigenvalue weighted by molar-refractivity contribution is 0.300. The topological polar surface area (TPSA) is 31.7 Å². The minimum absolute atomic E-state index is 0.773. The molecule has 0 amide bonds. The monoisotopic (exact) mass is 398 g/mol. The van der Waals surface area contributed by atoms with Crippen molar-refractivity contribution < 1.29 is 0 Å². The first-order valence-corrected chi connectivity index (χ1v) is 10.7. The summed E-state index contributed by atoms with van der Waals surface area (Å²) in [6.45, 7) is 4.60. The van der Waals surface area contributed by atoms with Crippen LogP contribution >= 0.6 is 11.3 Å². The minimum Gasteiger partial charge on any atom is -0.354 e. The van der Waals surface area contributed by atoms with E-state index < -0.39 is 0 Å². The lowest BCUT2D eigenvalue weighted by Crippen LogP contribution is -2.38. The van der Waals surface area contributed by atoms with E-state index in [0.717, 1.165) is 49.7 Å². The molecule has 144 valence electrons. The predicted octanol–water partition coefficient (Wildman–Crippen LogP) is 4.15. The molecule has 3 aromatic rings. The summed E-state index contributed by atoms with van der Waals surface area (Å²) >= 11 is 1.66. The van der Waals surface area contributed by atoms with Crippen LogP contribution in [0.5, 0.6) is 0 Å². The second-order valence-electron chi connectivity index (χ2n) is 7.43. The molecule has 0 radical (unpaired) electrons. The van der Waals surface area contributed by atoms with E-state index in [-0.39, 0.29) is 0 Å². The van der Waals surface area contributed by atoms with Crippen LogP contribution in [0, 0.1) is 11.8 Å². The van der Waals surface area contributed by atoms with Gasteiger partial charge in [0, 0.05) is 38.3 Å². The molecule has 0 saturated carbocycles. The van der Waals surface area contributed by atoms with E-state index in [0.29, 0.717) is 0 Å². The highest BCUT2D eigenvalue weighted by molar-refractivity contribution is 7.19. The number of para-hydroxylation sites is 1. The van der Waals surface area contributed by atoms with E-state index in [4.69, 9.17) is 4.99 Å². The van der Waals surface area contributed by atoms with E-state index in [2.05, 4.69) is 63.0 Å². The van der Waals surface area contributed by atoms with Gasteiger partial charge in [0.1, 0.15) is 0 Å². The van der Waals surface area contributed by atoms with Crippen molar-refractivity contribution in [3.05, 3.63) is 76.4 Å². The highest BCUT2D eigenvalue weighted by Gasteiger charge is 2.22. The Morgan fingerprint density at radius 2 is 1.86 bits per heavy atom. The fourth-order valence-electron chi connectivity index (χ4n) is 3.82. The average molecular weight is 399 g/mol. The quantitative estimate of drug-likeness (QED) is 0.621. The minimum atomic E-state index is 0.773. The first-order chi connectivity index (χ1) is 14.3. The lowest BCUT2D eigenvalue weighted by atomic mass is 10.0. The van der Waals surface area contributed by atoms with Gasteiger partial charge in [-0.2, -0.15) is 0 Å². The molecule has 0 spiro atoms. The van der Waals surface area contributed by atoms with Crippen LogP contribution in [0.15, 0.2) is 70.9 Å². The van der Waals surface area contributed by atoms with Crippen LogP contribution in [-0.2, 0) is 6.54 Å². The van der Waals surface area contributed by atoms with Crippen molar-refractivity contribution in [1.82, 2.24) is 14.8 Å². The van der Waals surface area contributed by atoms with E-state index in [9.17, 15) is 0 Å². The van der Waals surface area contributed by atoms with Gasteiger partial charge in [-0.15, -0.1) is 11.3 Å². The van der Waals surface area contributed by atoms with Gasteiger partial charge in [-0.25, -0.2) is 9.98 Å². The number of nitrogens with zero attached hydrogens (tertiary/aromatic N) is 4. The third kappa shape index (κ3) is 4.24. The molecule has 2 aliphatic rings. The number of hydrogen-bond donors (Lipinski definition) is 0. The zero-order valence-corrected chi connectivity index (χ0v) is 17.0. The van der Waals surface area contributed by atoms with Crippen LogP contribution in [0.3, 0.4) is 0 Å². The zero-order valence-electron chi connectivity index (χ0n) is 16.2. The van der Waals surface area contributed by atoms with Crippen molar-refractivity contribution in [3.8, 4) is 11.8 Å². The number of fused-ring (bicyclic) bond motifs is 1. The molecule has 0 saturated heterocycles. The first-order valence-electron chi connectivity index (χ1n) is 9.93. The van der Waals surface area contributed by atoms with Crippen LogP contribution < -0.4 is 0 Å². The second-order valence-corrected chi connectivity index (χ2v) is 8.47. The molecule has 0 N–H and O–H groups in total. The number of benzene rings is 2. The molecular weight excluding hydrogens is 376 g/mol. The summed E-state index contributed by atoms with van der Waals surface area (Å²) in [6.07, 6.45) is 3.02. The Kier molecular flexibility index (Phi) is 5.12. The highest BCUT2D eigenvalue weighted by atomic mass is 32.1. The Morgan fingerprint density at radius 3 is 2.76 bits per heavy atom. The Bertz CT molecular complexity index is 1100. The molecule has 3 heterocycles. The van der Waals surface area contributed by atoms with E-state index >= 15 is 0 Å². The Hall–Kier alpha value is -2.94. The highest BCUT2D eigenvalue weighted by Crippen LogP contribution is 2.23. The van der Waals surface area contributed by atoms with Crippen LogP contribution in [0.4, 0.5) is 0 Å². The standard InChI is InChI=1S/C24H22N4S/c1-2-7-19(8-3-1)15-28-17-20-16-27(14-12-21(20)25-18-28)13-6-11-24-26-22-9-4-5-10-23(22)29-24/h1-5,7-10,18H,12-17H2. The maximum atomic E-state index is 4.73. The molecule has 4 nitrogen and oxygen atoms in total. The zero-order chi connectivity index (χ0) is 19.5. The molecule has 2 aliphatic heterocycles. The largest absolute Gasteiger partial charge is 0.354 e. The van der Waals surface area contributed by atoms with Gasteiger partial charge in [-0.1, -0.05) is 48.4 Å². The summed E-state index contributed by atoms with van der Waals surface area (Å²) in [7, 11) is 0.